The van der Waals surface area contributed by atoms with Gasteiger partial charge in [0.15, 0.2) is 0 Å². The molecular formula is C14H23N3O. The molecule has 0 aromatic carbocycles. The van der Waals surface area contributed by atoms with E-state index < -0.39 is 0 Å². The zero-order valence-corrected chi connectivity index (χ0v) is 11.4. The van der Waals surface area contributed by atoms with Crippen molar-refractivity contribution in [1.82, 2.24) is 9.97 Å². The molecule has 1 aliphatic carbocycles. The van der Waals surface area contributed by atoms with Gasteiger partial charge in [0.25, 0.3) is 0 Å². The van der Waals surface area contributed by atoms with E-state index in [1.54, 1.807) is 0 Å². The minimum absolute atomic E-state index is 0.556. The van der Waals surface area contributed by atoms with E-state index in [-0.39, 0.29) is 0 Å². The third kappa shape index (κ3) is 3.86. The molecular weight excluding hydrogens is 226 g/mol. The fourth-order valence-electron chi connectivity index (χ4n) is 1.87. The average Bonchev–Trinajstić information content (AvgIpc) is 3.22. The summed E-state index contributed by atoms with van der Waals surface area (Å²) in [5, 5.41) is 3.07. The van der Waals surface area contributed by atoms with E-state index in [1.807, 2.05) is 13.1 Å². The summed E-state index contributed by atoms with van der Waals surface area (Å²) in [7, 11) is 1.88. The van der Waals surface area contributed by atoms with E-state index >= 15 is 0 Å². The Morgan fingerprint density at radius 2 is 2.11 bits per heavy atom. The summed E-state index contributed by atoms with van der Waals surface area (Å²) < 4.78 is 5.72. The van der Waals surface area contributed by atoms with Gasteiger partial charge >= 0.3 is 0 Å². The van der Waals surface area contributed by atoms with E-state index in [4.69, 9.17) is 4.74 Å². The minimum atomic E-state index is 0.556. The first-order chi connectivity index (χ1) is 8.83. The number of hydrogen-bond donors (Lipinski definition) is 1. The Balaban J connectivity index is 1.88. The molecule has 4 heteroatoms. The quantitative estimate of drug-likeness (QED) is 0.718. The molecule has 1 fully saturated rings. The van der Waals surface area contributed by atoms with Crippen molar-refractivity contribution in [2.24, 2.45) is 0 Å². The molecule has 0 saturated heterocycles. The van der Waals surface area contributed by atoms with Gasteiger partial charge in [-0.15, -0.1) is 0 Å². The molecule has 0 spiro atoms. The van der Waals surface area contributed by atoms with Crippen LogP contribution in [0.1, 0.15) is 57.2 Å². The molecule has 1 saturated carbocycles. The van der Waals surface area contributed by atoms with Gasteiger partial charge in [0.1, 0.15) is 11.6 Å². The van der Waals surface area contributed by atoms with Gasteiger partial charge < -0.3 is 10.1 Å². The highest BCUT2D eigenvalue weighted by atomic mass is 16.5. The highest BCUT2D eigenvalue weighted by Crippen LogP contribution is 2.39. The Morgan fingerprint density at radius 1 is 1.28 bits per heavy atom. The SMILES string of the molecule is CCCCCCOc1cc(NC)nc(C2CC2)n1. The number of hydrogen-bond acceptors (Lipinski definition) is 4. The van der Waals surface area contributed by atoms with Crippen molar-refractivity contribution in [2.75, 3.05) is 19.0 Å². The van der Waals surface area contributed by atoms with Crippen molar-refractivity contribution in [3.8, 4) is 5.88 Å². The highest BCUT2D eigenvalue weighted by Gasteiger charge is 2.27. The van der Waals surface area contributed by atoms with Crippen molar-refractivity contribution < 1.29 is 4.74 Å². The minimum Gasteiger partial charge on any atom is -0.478 e. The summed E-state index contributed by atoms with van der Waals surface area (Å²) in [4.78, 5) is 8.96. The Bertz CT molecular complexity index is 377. The molecule has 0 atom stereocenters. The summed E-state index contributed by atoms with van der Waals surface area (Å²) in [6, 6.07) is 1.88. The normalized spacial score (nSPS) is 14.6. The lowest BCUT2D eigenvalue weighted by Gasteiger charge is -2.08. The predicted octanol–water partition coefficient (Wildman–Crippen LogP) is 3.35. The number of aromatic nitrogens is 2. The average molecular weight is 249 g/mol. The Kier molecular flexibility index (Phi) is 4.79. The van der Waals surface area contributed by atoms with Gasteiger partial charge in [-0.25, -0.2) is 4.98 Å². The molecule has 0 aliphatic heterocycles. The number of ether oxygens (including phenoxy) is 1. The van der Waals surface area contributed by atoms with Crippen LogP contribution in [-0.4, -0.2) is 23.6 Å². The first-order valence-electron chi connectivity index (χ1n) is 7.03. The summed E-state index contributed by atoms with van der Waals surface area (Å²) in [5.41, 5.74) is 0. The zero-order valence-electron chi connectivity index (χ0n) is 11.4. The Hall–Kier alpha value is -1.32. The van der Waals surface area contributed by atoms with E-state index in [1.165, 1.54) is 32.1 Å². The number of unbranched alkanes of at least 4 members (excludes halogenated alkanes) is 3. The van der Waals surface area contributed by atoms with Crippen LogP contribution in [0, 0.1) is 0 Å². The molecule has 1 heterocycles. The number of anilines is 1. The molecule has 2 rings (SSSR count). The van der Waals surface area contributed by atoms with Crippen molar-refractivity contribution in [3.63, 3.8) is 0 Å². The van der Waals surface area contributed by atoms with E-state index in [0.717, 1.165) is 24.7 Å². The third-order valence-electron chi connectivity index (χ3n) is 3.17. The summed E-state index contributed by atoms with van der Waals surface area (Å²) in [5.74, 6) is 3.06. The predicted molar refractivity (Wildman–Crippen MR) is 73.2 cm³/mol. The topological polar surface area (TPSA) is 47.0 Å². The molecule has 1 aromatic rings. The summed E-state index contributed by atoms with van der Waals surface area (Å²) in [6.45, 7) is 2.97. The van der Waals surface area contributed by atoms with Crippen LogP contribution in [-0.2, 0) is 0 Å². The molecule has 0 unspecified atom stereocenters. The van der Waals surface area contributed by atoms with Crippen LogP contribution in [0.2, 0.25) is 0 Å². The molecule has 4 nitrogen and oxygen atoms in total. The fourth-order valence-corrected chi connectivity index (χ4v) is 1.87. The van der Waals surface area contributed by atoms with Crippen molar-refractivity contribution in [2.45, 2.75) is 51.4 Å². The first kappa shape index (κ1) is 13.1. The molecule has 1 aromatic heterocycles. The van der Waals surface area contributed by atoms with E-state index in [0.29, 0.717) is 11.8 Å². The Labute approximate surface area is 109 Å². The van der Waals surface area contributed by atoms with Crippen LogP contribution in [0.25, 0.3) is 0 Å². The van der Waals surface area contributed by atoms with E-state index in [2.05, 4.69) is 22.2 Å². The maximum absolute atomic E-state index is 5.72. The van der Waals surface area contributed by atoms with Crippen molar-refractivity contribution in [1.29, 1.82) is 0 Å². The molecule has 0 amide bonds. The van der Waals surface area contributed by atoms with Gasteiger partial charge in [-0.1, -0.05) is 26.2 Å². The van der Waals surface area contributed by atoms with Crippen molar-refractivity contribution >= 4 is 5.82 Å². The number of nitrogens with zero attached hydrogens (tertiary/aromatic N) is 2. The first-order valence-corrected chi connectivity index (χ1v) is 7.03. The second kappa shape index (κ2) is 6.57. The third-order valence-corrected chi connectivity index (χ3v) is 3.17. The Morgan fingerprint density at radius 3 is 2.78 bits per heavy atom. The maximum Gasteiger partial charge on any atom is 0.218 e. The van der Waals surface area contributed by atoms with Crippen LogP contribution in [0.15, 0.2) is 6.07 Å². The summed E-state index contributed by atoms with van der Waals surface area (Å²) >= 11 is 0. The number of nitrogens with one attached hydrogen (secondary N) is 1. The second-order valence-electron chi connectivity index (χ2n) is 4.88. The van der Waals surface area contributed by atoms with Gasteiger partial charge in [0, 0.05) is 19.0 Å². The number of rotatable bonds is 8. The monoisotopic (exact) mass is 249 g/mol. The van der Waals surface area contributed by atoms with Crippen LogP contribution in [0.5, 0.6) is 5.88 Å². The molecule has 1 aliphatic rings. The lowest BCUT2D eigenvalue weighted by atomic mass is 10.2. The van der Waals surface area contributed by atoms with Gasteiger partial charge in [-0.05, 0) is 19.3 Å². The second-order valence-corrected chi connectivity index (χ2v) is 4.88. The molecule has 1 N–H and O–H groups in total. The lowest BCUT2D eigenvalue weighted by molar-refractivity contribution is 0.292. The van der Waals surface area contributed by atoms with Gasteiger partial charge in [0.05, 0.1) is 6.61 Å². The highest BCUT2D eigenvalue weighted by molar-refractivity contribution is 5.38. The van der Waals surface area contributed by atoms with Crippen LogP contribution in [0.3, 0.4) is 0 Å². The maximum atomic E-state index is 5.72. The van der Waals surface area contributed by atoms with Gasteiger partial charge in [-0.2, -0.15) is 4.98 Å². The van der Waals surface area contributed by atoms with E-state index in [9.17, 15) is 0 Å². The zero-order chi connectivity index (χ0) is 12.8. The molecule has 0 bridgehead atoms. The largest absolute Gasteiger partial charge is 0.478 e. The van der Waals surface area contributed by atoms with Crippen molar-refractivity contribution in [3.05, 3.63) is 11.9 Å². The smallest absolute Gasteiger partial charge is 0.218 e. The molecule has 0 radical (unpaired) electrons. The van der Waals surface area contributed by atoms with Gasteiger partial charge in [0.2, 0.25) is 5.88 Å². The van der Waals surface area contributed by atoms with Gasteiger partial charge in [-0.3, -0.25) is 0 Å². The lowest BCUT2D eigenvalue weighted by Crippen LogP contribution is -2.04. The fraction of sp³-hybridized carbons (Fsp3) is 0.714. The summed E-state index contributed by atoms with van der Waals surface area (Å²) in [6.07, 6.45) is 7.29. The molecule has 18 heavy (non-hydrogen) atoms. The molecule has 100 valence electrons. The standard InChI is InChI=1S/C14H23N3O/c1-3-4-5-6-9-18-13-10-12(15-2)16-14(17-13)11-7-8-11/h10-11H,3-9H2,1-2H3,(H,15,16,17). The van der Waals surface area contributed by atoms with Crippen LogP contribution in [0.4, 0.5) is 5.82 Å². The van der Waals surface area contributed by atoms with Crippen LogP contribution >= 0.6 is 0 Å². The van der Waals surface area contributed by atoms with Crippen LogP contribution < -0.4 is 10.1 Å².